The van der Waals surface area contributed by atoms with E-state index >= 15 is 0 Å². The lowest BCUT2D eigenvalue weighted by molar-refractivity contribution is -0.128. The summed E-state index contributed by atoms with van der Waals surface area (Å²) in [6.45, 7) is 1.67. The molecule has 1 N–H and O–H groups in total. The summed E-state index contributed by atoms with van der Waals surface area (Å²) in [7, 11) is 0. The number of rotatable bonds is 6. The molecule has 3 rings (SSSR count). The number of hydrogen-bond donors (Lipinski definition) is 1. The van der Waals surface area contributed by atoms with Crippen molar-refractivity contribution in [2.45, 2.75) is 6.54 Å². The molecule has 0 spiro atoms. The van der Waals surface area contributed by atoms with Gasteiger partial charge in [0.25, 0.3) is 0 Å². The van der Waals surface area contributed by atoms with Gasteiger partial charge in [0.05, 0.1) is 5.92 Å². The van der Waals surface area contributed by atoms with Crippen molar-refractivity contribution in [3.8, 4) is 0 Å². The number of benzene rings is 2. The number of hydrogen-bond acceptors (Lipinski definition) is 3. The topological polar surface area (TPSA) is 32.3 Å². The summed E-state index contributed by atoms with van der Waals surface area (Å²) in [5.74, 6) is -0.314. The van der Waals surface area contributed by atoms with Crippen LogP contribution in [0.1, 0.15) is 11.1 Å². The molecule has 2 aromatic carbocycles. The largest absolute Gasteiger partial charge is 0.352 e. The molecule has 0 unspecified atom stereocenters. The van der Waals surface area contributed by atoms with E-state index < -0.39 is 0 Å². The minimum atomic E-state index is -0.283. The summed E-state index contributed by atoms with van der Waals surface area (Å²) in [6, 6.07) is 16.6. The average molecular weight is 342 g/mol. The van der Waals surface area contributed by atoms with Crippen molar-refractivity contribution < 1.29 is 9.18 Å². The van der Waals surface area contributed by atoms with Gasteiger partial charge < -0.3 is 5.32 Å². The van der Waals surface area contributed by atoms with Crippen LogP contribution in [0.25, 0.3) is 6.08 Å². The van der Waals surface area contributed by atoms with Crippen molar-refractivity contribution in [2.24, 2.45) is 5.92 Å². The van der Waals surface area contributed by atoms with E-state index in [1.165, 1.54) is 6.07 Å². The number of nitrogens with zero attached hydrogens (tertiary/aromatic N) is 1. The second-order valence-corrected chi connectivity index (χ2v) is 6.67. The first-order valence-corrected chi connectivity index (χ1v) is 8.70. The summed E-state index contributed by atoms with van der Waals surface area (Å²) in [4.78, 5) is 12.1. The summed E-state index contributed by atoms with van der Waals surface area (Å²) in [5.41, 5.74) is 1.67. The van der Waals surface area contributed by atoms with Gasteiger partial charge in [0.2, 0.25) is 5.91 Å². The van der Waals surface area contributed by atoms with E-state index in [9.17, 15) is 9.18 Å². The third-order valence-corrected chi connectivity index (χ3v) is 4.75. The van der Waals surface area contributed by atoms with Gasteiger partial charge in [-0.25, -0.2) is 8.70 Å². The fourth-order valence-electron chi connectivity index (χ4n) is 2.42. The quantitative estimate of drug-likeness (QED) is 0.813. The van der Waals surface area contributed by atoms with Crippen LogP contribution < -0.4 is 5.32 Å². The van der Waals surface area contributed by atoms with Gasteiger partial charge in [-0.1, -0.05) is 60.5 Å². The van der Waals surface area contributed by atoms with E-state index in [4.69, 9.17) is 0 Å². The Hall–Kier alpha value is -2.11. The van der Waals surface area contributed by atoms with Crippen LogP contribution in [-0.4, -0.2) is 23.3 Å². The Morgan fingerprint density at radius 1 is 1.17 bits per heavy atom. The minimum absolute atomic E-state index is 0.0119. The minimum Gasteiger partial charge on any atom is -0.352 e. The Balaban J connectivity index is 1.38. The van der Waals surface area contributed by atoms with Gasteiger partial charge in [-0.15, -0.1) is 0 Å². The van der Waals surface area contributed by atoms with Gasteiger partial charge in [-0.05, 0) is 23.1 Å². The van der Waals surface area contributed by atoms with E-state index in [2.05, 4.69) is 15.7 Å². The van der Waals surface area contributed by atoms with Crippen LogP contribution >= 0.6 is 11.9 Å². The summed E-state index contributed by atoms with van der Waals surface area (Å²) in [6.07, 6.45) is 2.05. The molecule has 5 heteroatoms. The second kappa shape index (κ2) is 8.13. The zero-order valence-corrected chi connectivity index (χ0v) is 14.0. The number of halogens is 1. The molecule has 0 aromatic heterocycles. The molecule has 1 amide bonds. The number of carbonyl (C=O) groups excluding carboxylic acids is 1. The van der Waals surface area contributed by atoms with E-state index in [0.29, 0.717) is 18.7 Å². The molecule has 0 radical (unpaired) electrons. The third kappa shape index (κ3) is 4.46. The summed E-state index contributed by atoms with van der Waals surface area (Å²) in [5, 5.41) is 4.84. The molecule has 24 heavy (non-hydrogen) atoms. The highest BCUT2D eigenvalue weighted by atomic mass is 32.2. The van der Waals surface area contributed by atoms with Gasteiger partial charge in [0.15, 0.2) is 0 Å². The standard InChI is InChI=1S/C19H19FN2OS/c20-18-9-5-4-8-16(18)12-21-19(23)17-13-22(14-17)24-11-10-15-6-2-1-3-7-15/h1-11,17H,12-14H2,(H,21,23)/b11-10+. The lowest BCUT2D eigenvalue weighted by atomic mass is 10.0. The van der Waals surface area contributed by atoms with Crippen LogP contribution in [-0.2, 0) is 11.3 Å². The molecule has 3 nitrogen and oxygen atoms in total. The van der Waals surface area contributed by atoms with E-state index in [0.717, 1.165) is 5.56 Å². The Kier molecular flexibility index (Phi) is 5.67. The first-order valence-electron chi connectivity index (χ1n) is 7.87. The van der Waals surface area contributed by atoms with Crippen molar-refractivity contribution in [2.75, 3.05) is 13.1 Å². The number of carbonyl (C=O) groups is 1. The molecule has 1 aliphatic heterocycles. The van der Waals surface area contributed by atoms with Gasteiger partial charge in [-0.3, -0.25) is 4.79 Å². The van der Waals surface area contributed by atoms with Crippen LogP contribution in [0, 0.1) is 11.7 Å². The highest BCUT2D eigenvalue weighted by molar-refractivity contribution is 8.00. The zero-order chi connectivity index (χ0) is 16.8. The van der Waals surface area contributed by atoms with Crippen molar-refractivity contribution in [1.82, 2.24) is 9.62 Å². The maximum absolute atomic E-state index is 13.5. The monoisotopic (exact) mass is 342 g/mol. The molecule has 1 saturated heterocycles. The summed E-state index contributed by atoms with van der Waals surface area (Å²) < 4.78 is 15.6. The Labute approximate surface area is 145 Å². The maximum Gasteiger partial charge on any atom is 0.226 e. The molecule has 1 heterocycles. The third-order valence-electron chi connectivity index (χ3n) is 3.90. The van der Waals surface area contributed by atoms with Gasteiger partial charge in [-0.2, -0.15) is 0 Å². The highest BCUT2D eigenvalue weighted by Gasteiger charge is 2.32. The molecule has 0 aliphatic carbocycles. The first-order chi connectivity index (χ1) is 11.7. The molecule has 1 fully saturated rings. The fourth-order valence-corrected chi connectivity index (χ4v) is 3.34. The SMILES string of the molecule is O=C(NCc1ccccc1F)C1CN(S/C=C/c2ccccc2)C1. The van der Waals surface area contributed by atoms with E-state index in [1.807, 2.05) is 35.7 Å². The molecule has 0 bridgehead atoms. The molecule has 124 valence electrons. The Morgan fingerprint density at radius 2 is 1.88 bits per heavy atom. The Morgan fingerprint density at radius 3 is 2.62 bits per heavy atom. The van der Waals surface area contributed by atoms with Crippen LogP contribution in [0.4, 0.5) is 4.39 Å². The van der Waals surface area contributed by atoms with Crippen molar-refractivity contribution in [3.63, 3.8) is 0 Å². The smallest absolute Gasteiger partial charge is 0.226 e. The van der Waals surface area contributed by atoms with Crippen LogP contribution in [0.15, 0.2) is 60.0 Å². The lowest BCUT2D eigenvalue weighted by Crippen LogP contribution is -2.50. The molecule has 0 saturated carbocycles. The molecule has 1 aliphatic rings. The van der Waals surface area contributed by atoms with Gasteiger partial charge in [0.1, 0.15) is 5.82 Å². The van der Waals surface area contributed by atoms with Crippen molar-refractivity contribution >= 4 is 23.9 Å². The van der Waals surface area contributed by atoms with E-state index in [1.54, 1.807) is 30.1 Å². The number of nitrogens with one attached hydrogen (secondary N) is 1. The fraction of sp³-hybridized carbons (Fsp3) is 0.211. The zero-order valence-electron chi connectivity index (χ0n) is 13.2. The molecular formula is C19H19FN2OS. The van der Waals surface area contributed by atoms with Gasteiger partial charge >= 0.3 is 0 Å². The normalized spacial score (nSPS) is 15.4. The van der Waals surface area contributed by atoms with Crippen molar-refractivity contribution in [1.29, 1.82) is 0 Å². The predicted molar refractivity (Wildman–Crippen MR) is 96.4 cm³/mol. The Bertz CT molecular complexity index is 714. The average Bonchev–Trinajstić information content (AvgIpc) is 2.57. The predicted octanol–water partition coefficient (Wildman–Crippen LogP) is 3.69. The van der Waals surface area contributed by atoms with Crippen LogP contribution in [0.3, 0.4) is 0 Å². The van der Waals surface area contributed by atoms with Crippen LogP contribution in [0.2, 0.25) is 0 Å². The van der Waals surface area contributed by atoms with Crippen LogP contribution in [0.5, 0.6) is 0 Å². The lowest BCUT2D eigenvalue weighted by Gasteiger charge is -2.36. The maximum atomic E-state index is 13.5. The van der Waals surface area contributed by atoms with Crippen molar-refractivity contribution in [3.05, 3.63) is 76.9 Å². The van der Waals surface area contributed by atoms with E-state index in [-0.39, 0.29) is 24.2 Å². The van der Waals surface area contributed by atoms with Gasteiger partial charge in [0, 0.05) is 25.2 Å². The molecular weight excluding hydrogens is 323 g/mol. The first kappa shape index (κ1) is 16.7. The molecule has 0 atom stereocenters. The summed E-state index contributed by atoms with van der Waals surface area (Å²) >= 11 is 1.61. The number of amides is 1. The highest BCUT2D eigenvalue weighted by Crippen LogP contribution is 2.25. The molecule has 2 aromatic rings. The second-order valence-electron chi connectivity index (χ2n) is 5.67.